The van der Waals surface area contributed by atoms with Gasteiger partial charge in [-0.15, -0.1) is 0 Å². The first kappa shape index (κ1) is 15.1. The summed E-state index contributed by atoms with van der Waals surface area (Å²) in [5.41, 5.74) is 4.89. The summed E-state index contributed by atoms with van der Waals surface area (Å²) in [6, 6.07) is 0. The van der Waals surface area contributed by atoms with Crippen LogP contribution in [-0.4, -0.2) is 41.2 Å². The van der Waals surface area contributed by atoms with E-state index in [4.69, 9.17) is 0 Å². The van der Waals surface area contributed by atoms with Crippen molar-refractivity contribution in [3.05, 3.63) is 29.0 Å². The summed E-state index contributed by atoms with van der Waals surface area (Å²) >= 11 is 0. The smallest absolute Gasteiger partial charge is 0.163 e. The van der Waals surface area contributed by atoms with E-state index in [2.05, 4.69) is 32.0 Å². The highest BCUT2D eigenvalue weighted by Crippen LogP contribution is 2.31. The van der Waals surface area contributed by atoms with Gasteiger partial charge in [-0.25, -0.2) is 9.97 Å². The molecule has 0 amide bonds. The van der Waals surface area contributed by atoms with Crippen LogP contribution in [0, 0.1) is 6.92 Å². The fourth-order valence-electron chi connectivity index (χ4n) is 3.63. The monoisotopic (exact) mass is 327 g/mol. The van der Waals surface area contributed by atoms with Gasteiger partial charge in [-0.05, 0) is 13.8 Å². The minimum absolute atomic E-state index is 0.0335. The largest absolute Gasteiger partial charge is 0.390 e. The molecule has 8 heteroatoms. The van der Waals surface area contributed by atoms with Crippen molar-refractivity contribution in [2.75, 3.05) is 11.4 Å². The van der Waals surface area contributed by atoms with E-state index in [1.54, 1.807) is 11.0 Å². The number of aryl methyl sites for hydroxylation is 3. The van der Waals surface area contributed by atoms with Crippen LogP contribution in [0.2, 0.25) is 0 Å². The number of hydrogen-bond acceptors (Lipinski definition) is 6. The van der Waals surface area contributed by atoms with Crippen molar-refractivity contribution in [3.8, 4) is 0 Å². The number of nitrogens with zero attached hydrogens (tertiary/aromatic N) is 7. The molecule has 8 nitrogen and oxygen atoms in total. The molecule has 0 aromatic carbocycles. The topological polar surface area (TPSA) is 84.9 Å². The number of anilines is 1. The number of aliphatic hydroxyl groups is 1. The van der Waals surface area contributed by atoms with E-state index in [9.17, 15) is 5.11 Å². The lowest BCUT2D eigenvalue weighted by Gasteiger charge is -2.29. The first-order valence-corrected chi connectivity index (χ1v) is 8.21. The van der Waals surface area contributed by atoms with Gasteiger partial charge in [-0.3, -0.25) is 9.36 Å². The lowest BCUT2D eigenvalue weighted by Crippen LogP contribution is -2.32. The molecule has 1 aliphatic heterocycles. The Hall–Kier alpha value is -2.48. The van der Waals surface area contributed by atoms with Crippen LogP contribution >= 0.6 is 0 Å². The molecule has 0 bridgehead atoms. The van der Waals surface area contributed by atoms with Crippen molar-refractivity contribution >= 4 is 16.9 Å². The molecule has 0 unspecified atom stereocenters. The Morgan fingerprint density at radius 1 is 1.25 bits per heavy atom. The van der Waals surface area contributed by atoms with Crippen LogP contribution < -0.4 is 4.90 Å². The maximum absolute atomic E-state index is 9.65. The molecule has 24 heavy (non-hydrogen) atoms. The zero-order chi connectivity index (χ0) is 16.8. The van der Waals surface area contributed by atoms with E-state index in [0.29, 0.717) is 6.54 Å². The van der Waals surface area contributed by atoms with E-state index >= 15 is 0 Å². The zero-order valence-corrected chi connectivity index (χ0v) is 14.2. The van der Waals surface area contributed by atoms with Crippen molar-refractivity contribution < 1.29 is 5.11 Å². The molecule has 1 aliphatic rings. The SMILES string of the molecule is CCn1nc(CO)c2c1CCN(c1ncnc3c1c(C)nn3C)C2. The van der Waals surface area contributed by atoms with Crippen molar-refractivity contribution in [3.63, 3.8) is 0 Å². The number of fused-ring (bicyclic) bond motifs is 2. The predicted molar refractivity (Wildman–Crippen MR) is 89.6 cm³/mol. The van der Waals surface area contributed by atoms with E-state index < -0.39 is 0 Å². The Bertz CT molecular complexity index is 911. The fourth-order valence-corrected chi connectivity index (χ4v) is 3.63. The molecule has 0 saturated carbocycles. The lowest BCUT2D eigenvalue weighted by molar-refractivity contribution is 0.274. The van der Waals surface area contributed by atoms with Crippen LogP contribution in [0.3, 0.4) is 0 Å². The van der Waals surface area contributed by atoms with E-state index in [1.165, 1.54) is 5.69 Å². The summed E-state index contributed by atoms with van der Waals surface area (Å²) in [6.45, 7) is 6.42. The van der Waals surface area contributed by atoms with Crippen molar-refractivity contribution in [2.24, 2.45) is 7.05 Å². The molecular weight excluding hydrogens is 306 g/mol. The molecule has 3 aromatic heterocycles. The van der Waals surface area contributed by atoms with Crippen molar-refractivity contribution in [1.29, 1.82) is 0 Å². The summed E-state index contributed by atoms with van der Waals surface area (Å²) < 4.78 is 3.79. The fraction of sp³-hybridized carbons (Fsp3) is 0.500. The van der Waals surface area contributed by atoms with Crippen LogP contribution in [0.15, 0.2) is 6.33 Å². The minimum atomic E-state index is -0.0335. The van der Waals surface area contributed by atoms with E-state index in [1.807, 2.05) is 18.7 Å². The average Bonchev–Trinajstić information content (AvgIpc) is 3.11. The molecule has 126 valence electrons. The quantitative estimate of drug-likeness (QED) is 0.771. The molecular formula is C16H21N7O. The summed E-state index contributed by atoms with van der Waals surface area (Å²) in [5, 5.41) is 19.6. The highest BCUT2D eigenvalue weighted by Gasteiger charge is 2.27. The maximum atomic E-state index is 9.65. The zero-order valence-electron chi connectivity index (χ0n) is 14.2. The summed E-state index contributed by atoms with van der Waals surface area (Å²) in [4.78, 5) is 11.1. The first-order chi connectivity index (χ1) is 11.6. The molecule has 3 aromatic rings. The molecule has 0 atom stereocenters. The molecule has 0 aliphatic carbocycles. The van der Waals surface area contributed by atoms with Gasteiger partial charge in [0.2, 0.25) is 0 Å². The third kappa shape index (κ3) is 2.10. The van der Waals surface area contributed by atoms with Gasteiger partial charge in [0.15, 0.2) is 5.65 Å². The highest BCUT2D eigenvalue weighted by molar-refractivity contribution is 5.89. The maximum Gasteiger partial charge on any atom is 0.163 e. The third-order valence-corrected chi connectivity index (χ3v) is 4.74. The van der Waals surface area contributed by atoms with Crippen LogP contribution in [0.4, 0.5) is 5.82 Å². The molecule has 4 rings (SSSR count). The molecule has 0 saturated heterocycles. The standard InChI is InChI=1S/C16H21N7O/c1-4-23-13-5-6-22(7-11(13)12(8-24)20-23)16-14-10(2)19-21(3)15(14)17-9-18-16/h9,24H,4-8H2,1-3H3. The summed E-state index contributed by atoms with van der Waals surface area (Å²) in [7, 11) is 1.90. The Morgan fingerprint density at radius 3 is 2.83 bits per heavy atom. The second-order valence-corrected chi connectivity index (χ2v) is 6.12. The summed E-state index contributed by atoms with van der Waals surface area (Å²) in [5.74, 6) is 0.907. The van der Waals surface area contributed by atoms with Gasteiger partial charge < -0.3 is 10.0 Å². The van der Waals surface area contributed by atoms with Crippen molar-refractivity contribution in [2.45, 2.75) is 40.0 Å². The molecule has 0 radical (unpaired) electrons. The molecule has 1 N–H and O–H groups in total. The van der Waals surface area contributed by atoms with Crippen molar-refractivity contribution in [1.82, 2.24) is 29.5 Å². The van der Waals surface area contributed by atoms with E-state index in [0.717, 1.165) is 53.3 Å². The number of aromatic nitrogens is 6. The van der Waals surface area contributed by atoms with Gasteiger partial charge in [-0.1, -0.05) is 0 Å². The van der Waals surface area contributed by atoms with E-state index in [-0.39, 0.29) is 6.61 Å². The second kappa shape index (κ2) is 5.55. The molecule has 0 spiro atoms. The van der Waals surface area contributed by atoms with Gasteiger partial charge in [-0.2, -0.15) is 10.2 Å². The normalized spacial score (nSPS) is 14.4. The van der Waals surface area contributed by atoms with Crippen LogP contribution in [0.1, 0.15) is 29.6 Å². The van der Waals surface area contributed by atoms with Gasteiger partial charge in [0.25, 0.3) is 0 Å². The Morgan fingerprint density at radius 2 is 2.08 bits per heavy atom. The number of aliphatic hydroxyl groups excluding tert-OH is 1. The number of rotatable bonds is 3. The predicted octanol–water partition coefficient (Wildman–Crippen LogP) is 0.943. The van der Waals surface area contributed by atoms with Gasteiger partial charge >= 0.3 is 0 Å². The Kier molecular flexibility index (Phi) is 3.49. The van der Waals surface area contributed by atoms with Gasteiger partial charge in [0.05, 0.1) is 23.4 Å². The third-order valence-electron chi connectivity index (χ3n) is 4.74. The Labute approximate surface area is 139 Å². The van der Waals surface area contributed by atoms with Gasteiger partial charge in [0, 0.05) is 44.4 Å². The Balaban J connectivity index is 1.79. The van der Waals surface area contributed by atoms with Crippen LogP contribution in [0.25, 0.3) is 11.0 Å². The van der Waals surface area contributed by atoms with Gasteiger partial charge in [0.1, 0.15) is 12.1 Å². The minimum Gasteiger partial charge on any atom is -0.390 e. The number of hydrogen-bond donors (Lipinski definition) is 1. The average molecular weight is 327 g/mol. The lowest BCUT2D eigenvalue weighted by atomic mass is 10.0. The second-order valence-electron chi connectivity index (χ2n) is 6.12. The molecule has 4 heterocycles. The van der Waals surface area contributed by atoms with Crippen LogP contribution in [0.5, 0.6) is 0 Å². The first-order valence-electron chi connectivity index (χ1n) is 8.21. The molecule has 0 fully saturated rings. The van der Waals surface area contributed by atoms with Crippen LogP contribution in [-0.2, 0) is 33.2 Å². The highest BCUT2D eigenvalue weighted by atomic mass is 16.3. The summed E-state index contributed by atoms with van der Waals surface area (Å²) in [6.07, 6.45) is 2.48.